The van der Waals surface area contributed by atoms with Crippen molar-refractivity contribution in [2.75, 3.05) is 20.1 Å². The van der Waals surface area contributed by atoms with Gasteiger partial charge in [-0.1, -0.05) is 5.16 Å². The Hall–Kier alpha value is -0.870. The molecule has 1 aromatic heterocycles. The van der Waals surface area contributed by atoms with E-state index in [0.29, 0.717) is 6.04 Å². The minimum atomic E-state index is 0.658. The maximum atomic E-state index is 5.14. The van der Waals surface area contributed by atoms with Gasteiger partial charge < -0.3 is 9.84 Å². The van der Waals surface area contributed by atoms with Crippen LogP contribution in [0.15, 0.2) is 10.6 Å². The van der Waals surface area contributed by atoms with E-state index in [2.05, 4.69) is 22.4 Å². The number of nitrogens with zero attached hydrogens (tertiary/aromatic N) is 2. The highest BCUT2D eigenvalue weighted by Crippen LogP contribution is 2.09. The first-order chi connectivity index (χ1) is 6.25. The van der Waals surface area contributed by atoms with Crippen molar-refractivity contribution in [2.45, 2.75) is 19.5 Å². The van der Waals surface area contributed by atoms with Crippen LogP contribution >= 0.6 is 0 Å². The monoisotopic (exact) mass is 181 g/mol. The molecule has 13 heavy (non-hydrogen) atoms. The van der Waals surface area contributed by atoms with Crippen LogP contribution < -0.4 is 5.32 Å². The molecule has 72 valence electrons. The molecule has 1 N–H and O–H groups in total. The van der Waals surface area contributed by atoms with Crippen molar-refractivity contribution in [3.8, 4) is 0 Å². The number of likely N-dealkylation sites (N-methyl/N-ethyl adjacent to an activating group) is 1. The average Bonchev–Trinajstić information content (AvgIpc) is 2.31. The third-order valence-corrected chi connectivity index (χ3v) is 2.47. The van der Waals surface area contributed by atoms with Crippen LogP contribution in [0.25, 0.3) is 0 Å². The third-order valence-electron chi connectivity index (χ3n) is 2.47. The molecule has 0 aromatic carbocycles. The van der Waals surface area contributed by atoms with Gasteiger partial charge in [0, 0.05) is 25.2 Å². The van der Waals surface area contributed by atoms with Crippen molar-refractivity contribution in [2.24, 2.45) is 0 Å². The molecule has 1 saturated heterocycles. The second kappa shape index (κ2) is 3.47. The lowest BCUT2D eigenvalue weighted by molar-refractivity contribution is 0.157. The number of nitrogens with one attached hydrogen (secondary N) is 1. The molecule has 0 atom stereocenters. The zero-order valence-corrected chi connectivity index (χ0v) is 8.08. The van der Waals surface area contributed by atoms with Crippen LogP contribution in [-0.2, 0) is 6.54 Å². The quantitative estimate of drug-likeness (QED) is 0.732. The van der Waals surface area contributed by atoms with E-state index in [1.165, 1.54) is 0 Å². The van der Waals surface area contributed by atoms with E-state index in [0.717, 1.165) is 31.1 Å². The molecule has 0 unspecified atom stereocenters. The molecule has 2 heterocycles. The lowest BCUT2D eigenvalue weighted by atomic mass is 10.1. The fourth-order valence-electron chi connectivity index (χ4n) is 1.45. The Morgan fingerprint density at radius 2 is 2.46 bits per heavy atom. The molecule has 1 fully saturated rings. The summed E-state index contributed by atoms with van der Waals surface area (Å²) in [5, 5.41) is 7.10. The van der Waals surface area contributed by atoms with Crippen LogP contribution in [0.4, 0.5) is 0 Å². The van der Waals surface area contributed by atoms with E-state index >= 15 is 0 Å². The van der Waals surface area contributed by atoms with Gasteiger partial charge in [-0.3, -0.25) is 4.90 Å². The Bertz CT molecular complexity index is 280. The molecule has 0 amide bonds. The zero-order valence-electron chi connectivity index (χ0n) is 8.08. The van der Waals surface area contributed by atoms with Crippen molar-refractivity contribution in [3.63, 3.8) is 0 Å². The summed E-state index contributed by atoms with van der Waals surface area (Å²) in [7, 11) is 2.11. The number of aromatic nitrogens is 1. The molecule has 0 bridgehead atoms. The predicted molar refractivity (Wildman–Crippen MR) is 49.4 cm³/mol. The minimum absolute atomic E-state index is 0.658. The summed E-state index contributed by atoms with van der Waals surface area (Å²) in [6.45, 7) is 4.97. The van der Waals surface area contributed by atoms with Crippen LogP contribution in [-0.4, -0.2) is 36.2 Å². The van der Waals surface area contributed by atoms with E-state index in [-0.39, 0.29) is 0 Å². The number of hydrogen-bond acceptors (Lipinski definition) is 4. The minimum Gasteiger partial charge on any atom is -0.360 e. The summed E-state index contributed by atoms with van der Waals surface area (Å²) in [6, 6.07) is 2.65. The van der Waals surface area contributed by atoms with Gasteiger partial charge in [-0.2, -0.15) is 0 Å². The standard InChI is InChI=1S/C9H15N3O/c1-7-3-9(13-11-7)6-12(2)8-4-10-5-8/h3,8,10H,4-6H2,1-2H3. The van der Waals surface area contributed by atoms with Gasteiger partial charge in [0.05, 0.1) is 12.2 Å². The largest absolute Gasteiger partial charge is 0.360 e. The molecule has 1 aliphatic heterocycles. The van der Waals surface area contributed by atoms with Gasteiger partial charge in [0.1, 0.15) is 0 Å². The number of rotatable bonds is 3. The first kappa shape index (κ1) is 8.72. The van der Waals surface area contributed by atoms with Gasteiger partial charge in [0.25, 0.3) is 0 Å². The molecule has 2 rings (SSSR count). The lowest BCUT2D eigenvalue weighted by Crippen LogP contribution is -2.55. The van der Waals surface area contributed by atoms with Crippen LogP contribution in [0.2, 0.25) is 0 Å². The molecular formula is C9H15N3O. The molecule has 4 heteroatoms. The Morgan fingerprint density at radius 3 is 2.92 bits per heavy atom. The highest BCUT2D eigenvalue weighted by Gasteiger charge is 2.22. The third kappa shape index (κ3) is 1.89. The molecular weight excluding hydrogens is 166 g/mol. The van der Waals surface area contributed by atoms with Crippen molar-refractivity contribution >= 4 is 0 Å². The van der Waals surface area contributed by atoms with E-state index in [9.17, 15) is 0 Å². The van der Waals surface area contributed by atoms with Gasteiger partial charge in [-0.25, -0.2) is 0 Å². The number of hydrogen-bond donors (Lipinski definition) is 1. The van der Waals surface area contributed by atoms with Crippen molar-refractivity contribution < 1.29 is 4.52 Å². The Morgan fingerprint density at radius 1 is 1.69 bits per heavy atom. The summed E-state index contributed by atoms with van der Waals surface area (Å²) >= 11 is 0. The summed E-state index contributed by atoms with van der Waals surface area (Å²) in [6.07, 6.45) is 0. The Kier molecular flexibility index (Phi) is 2.33. The van der Waals surface area contributed by atoms with Crippen LogP contribution in [0.5, 0.6) is 0 Å². The first-order valence-corrected chi connectivity index (χ1v) is 4.59. The van der Waals surface area contributed by atoms with Gasteiger partial charge in [0.2, 0.25) is 0 Å². The Balaban J connectivity index is 1.89. The molecule has 0 radical (unpaired) electrons. The molecule has 0 spiro atoms. The molecule has 0 saturated carbocycles. The maximum Gasteiger partial charge on any atom is 0.150 e. The zero-order chi connectivity index (χ0) is 9.26. The van der Waals surface area contributed by atoms with Gasteiger partial charge >= 0.3 is 0 Å². The van der Waals surface area contributed by atoms with E-state index in [4.69, 9.17) is 4.52 Å². The molecule has 4 nitrogen and oxygen atoms in total. The van der Waals surface area contributed by atoms with Crippen molar-refractivity contribution in [3.05, 3.63) is 17.5 Å². The fourth-order valence-corrected chi connectivity index (χ4v) is 1.45. The summed E-state index contributed by atoms with van der Waals surface area (Å²) < 4.78 is 5.14. The Labute approximate surface area is 77.9 Å². The maximum absolute atomic E-state index is 5.14. The second-order valence-electron chi connectivity index (χ2n) is 3.66. The van der Waals surface area contributed by atoms with Crippen molar-refractivity contribution in [1.29, 1.82) is 0 Å². The van der Waals surface area contributed by atoms with Crippen molar-refractivity contribution in [1.82, 2.24) is 15.4 Å². The summed E-state index contributed by atoms with van der Waals surface area (Å²) in [5.74, 6) is 0.951. The predicted octanol–water partition coefficient (Wildman–Crippen LogP) is 0.387. The molecule has 1 aromatic rings. The number of aryl methyl sites for hydroxylation is 1. The van der Waals surface area contributed by atoms with Gasteiger partial charge in [-0.05, 0) is 14.0 Å². The molecule has 1 aliphatic rings. The second-order valence-corrected chi connectivity index (χ2v) is 3.66. The van der Waals surface area contributed by atoms with Gasteiger partial charge in [0.15, 0.2) is 5.76 Å². The average molecular weight is 181 g/mol. The summed E-state index contributed by atoms with van der Waals surface area (Å²) in [4.78, 5) is 2.29. The van der Waals surface area contributed by atoms with E-state index in [1.54, 1.807) is 0 Å². The molecule has 0 aliphatic carbocycles. The van der Waals surface area contributed by atoms with Crippen LogP contribution in [0.1, 0.15) is 11.5 Å². The summed E-state index contributed by atoms with van der Waals surface area (Å²) in [5.41, 5.74) is 0.954. The van der Waals surface area contributed by atoms with E-state index in [1.807, 2.05) is 13.0 Å². The van der Waals surface area contributed by atoms with Crippen LogP contribution in [0, 0.1) is 6.92 Å². The first-order valence-electron chi connectivity index (χ1n) is 4.59. The van der Waals surface area contributed by atoms with Crippen LogP contribution in [0.3, 0.4) is 0 Å². The van der Waals surface area contributed by atoms with Gasteiger partial charge in [-0.15, -0.1) is 0 Å². The smallest absolute Gasteiger partial charge is 0.150 e. The topological polar surface area (TPSA) is 41.3 Å². The lowest BCUT2D eigenvalue weighted by Gasteiger charge is -2.34. The van der Waals surface area contributed by atoms with E-state index < -0.39 is 0 Å². The highest BCUT2D eigenvalue weighted by atomic mass is 16.5. The normalized spacial score (nSPS) is 17.8. The SMILES string of the molecule is Cc1cc(CN(C)C2CNC2)on1. The highest BCUT2D eigenvalue weighted by molar-refractivity contribution is 5.03. The fraction of sp³-hybridized carbons (Fsp3) is 0.667.